The van der Waals surface area contributed by atoms with Gasteiger partial charge in [-0.2, -0.15) is 0 Å². The Bertz CT molecular complexity index is 479. The second-order valence-electron chi connectivity index (χ2n) is 2.80. The van der Waals surface area contributed by atoms with Gasteiger partial charge in [-0.3, -0.25) is 9.59 Å². The number of rotatable bonds is 3. The van der Waals surface area contributed by atoms with Gasteiger partial charge in [0.05, 0.1) is 11.3 Å². The minimum absolute atomic E-state index is 0.0185. The van der Waals surface area contributed by atoms with Crippen LogP contribution in [0.2, 0.25) is 0 Å². The molecular formula is C8H4F5NO3. The SMILES string of the molecule is O=Cc1cc(C(F)F)c(OC(F)(F)F)c(=O)[nH]1. The number of ether oxygens (including phenoxy) is 1. The van der Waals surface area contributed by atoms with E-state index >= 15 is 0 Å². The van der Waals surface area contributed by atoms with E-state index in [1.807, 2.05) is 0 Å². The Balaban J connectivity index is 3.37. The highest BCUT2D eigenvalue weighted by molar-refractivity contribution is 5.72. The van der Waals surface area contributed by atoms with E-state index in [1.165, 1.54) is 0 Å². The molecule has 1 aromatic heterocycles. The Labute approximate surface area is 90.0 Å². The molecule has 0 saturated heterocycles. The first-order chi connectivity index (χ1) is 7.74. The fourth-order valence-corrected chi connectivity index (χ4v) is 1.03. The molecule has 0 aliphatic rings. The number of alkyl halides is 5. The maximum absolute atomic E-state index is 12.4. The number of hydrogen-bond acceptors (Lipinski definition) is 3. The second kappa shape index (κ2) is 4.52. The Morgan fingerprint density at radius 3 is 2.35 bits per heavy atom. The summed E-state index contributed by atoms with van der Waals surface area (Å²) < 4.78 is 63.5. The first kappa shape index (κ1) is 13.1. The fourth-order valence-electron chi connectivity index (χ4n) is 1.03. The van der Waals surface area contributed by atoms with Crippen molar-refractivity contribution in [3.05, 3.63) is 27.7 Å². The maximum atomic E-state index is 12.4. The number of nitrogens with one attached hydrogen (secondary N) is 1. The molecular weight excluding hydrogens is 253 g/mol. The van der Waals surface area contributed by atoms with Crippen LogP contribution in [0.3, 0.4) is 0 Å². The molecule has 0 bridgehead atoms. The lowest BCUT2D eigenvalue weighted by Crippen LogP contribution is -2.25. The van der Waals surface area contributed by atoms with Crippen molar-refractivity contribution in [2.45, 2.75) is 12.8 Å². The molecule has 0 fully saturated rings. The van der Waals surface area contributed by atoms with Crippen molar-refractivity contribution in [2.24, 2.45) is 0 Å². The molecule has 0 spiro atoms. The van der Waals surface area contributed by atoms with Gasteiger partial charge >= 0.3 is 6.36 Å². The number of aldehydes is 1. The lowest BCUT2D eigenvalue weighted by atomic mass is 10.2. The smallest absolute Gasteiger partial charge is 0.399 e. The molecule has 0 radical (unpaired) electrons. The standard InChI is InChI=1S/C8H4F5NO3/c9-6(10)4-1-3(2-15)14-7(16)5(4)17-8(11,12)13/h1-2,6H,(H,14,16). The van der Waals surface area contributed by atoms with Crippen molar-refractivity contribution in [1.82, 2.24) is 4.98 Å². The van der Waals surface area contributed by atoms with Crippen LogP contribution in [0, 0.1) is 0 Å². The van der Waals surface area contributed by atoms with Gasteiger partial charge in [0.25, 0.3) is 12.0 Å². The summed E-state index contributed by atoms with van der Waals surface area (Å²) in [5.41, 5.74) is -3.42. The van der Waals surface area contributed by atoms with Gasteiger partial charge in [-0.1, -0.05) is 0 Å². The maximum Gasteiger partial charge on any atom is 0.573 e. The molecule has 1 N–H and O–H groups in total. The summed E-state index contributed by atoms with van der Waals surface area (Å²) in [7, 11) is 0. The normalized spacial score (nSPS) is 11.6. The molecule has 1 heterocycles. The average molecular weight is 257 g/mol. The summed E-state index contributed by atoms with van der Waals surface area (Å²) in [4.78, 5) is 22.9. The zero-order chi connectivity index (χ0) is 13.2. The first-order valence-electron chi connectivity index (χ1n) is 4.01. The molecule has 1 rings (SSSR count). The molecule has 9 heteroatoms. The van der Waals surface area contributed by atoms with E-state index in [9.17, 15) is 31.5 Å². The van der Waals surface area contributed by atoms with Gasteiger partial charge in [0.2, 0.25) is 5.75 Å². The number of carbonyl (C=O) groups is 1. The molecule has 0 aliphatic heterocycles. The van der Waals surface area contributed by atoms with E-state index in [0.717, 1.165) is 0 Å². The second-order valence-corrected chi connectivity index (χ2v) is 2.80. The van der Waals surface area contributed by atoms with Crippen molar-refractivity contribution in [1.29, 1.82) is 0 Å². The van der Waals surface area contributed by atoms with Crippen LogP contribution in [0.25, 0.3) is 0 Å². The zero-order valence-corrected chi connectivity index (χ0v) is 7.85. The van der Waals surface area contributed by atoms with Crippen LogP contribution >= 0.6 is 0 Å². The summed E-state index contributed by atoms with van der Waals surface area (Å²) in [6, 6.07) is 0.417. The Kier molecular flexibility index (Phi) is 3.49. The van der Waals surface area contributed by atoms with Gasteiger partial charge in [-0.05, 0) is 6.07 Å². The highest BCUT2D eigenvalue weighted by atomic mass is 19.4. The molecule has 0 atom stereocenters. The van der Waals surface area contributed by atoms with Crippen LogP contribution in [0.4, 0.5) is 22.0 Å². The van der Waals surface area contributed by atoms with E-state index < -0.39 is 35.4 Å². The van der Waals surface area contributed by atoms with Crippen LogP contribution in [0.5, 0.6) is 5.75 Å². The summed E-state index contributed by atoms with van der Waals surface area (Å²) in [6.07, 6.45) is -8.64. The molecule has 0 saturated carbocycles. The topological polar surface area (TPSA) is 59.2 Å². The van der Waals surface area contributed by atoms with Crippen molar-refractivity contribution in [3.63, 3.8) is 0 Å². The van der Waals surface area contributed by atoms with E-state index in [-0.39, 0.29) is 6.29 Å². The van der Waals surface area contributed by atoms with Crippen LogP contribution in [-0.2, 0) is 0 Å². The van der Waals surface area contributed by atoms with Gasteiger partial charge in [0, 0.05) is 0 Å². The summed E-state index contributed by atoms with van der Waals surface area (Å²) in [6.45, 7) is 0. The number of carbonyl (C=O) groups excluding carboxylic acids is 1. The highest BCUT2D eigenvalue weighted by Crippen LogP contribution is 2.29. The van der Waals surface area contributed by atoms with E-state index in [4.69, 9.17) is 0 Å². The number of aromatic nitrogens is 1. The van der Waals surface area contributed by atoms with Crippen LogP contribution in [-0.4, -0.2) is 17.6 Å². The molecule has 17 heavy (non-hydrogen) atoms. The molecule has 94 valence electrons. The van der Waals surface area contributed by atoms with Gasteiger partial charge in [0.15, 0.2) is 6.29 Å². The van der Waals surface area contributed by atoms with Gasteiger partial charge in [-0.15, -0.1) is 13.2 Å². The Morgan fingerprint density at radius 2 is 1.94 bits per heavy atom. The monoisotopic (exact) mass is 257 g/mol. The van der Waals surface area contributed by atoms with Crippen LogP contribution in [0.1, 0.15) is 22.5 Å². The molecule has 1 aromatic rings. The first-order valence-corrected chi connectivity index (χ1v) is 4.01. The Morgan fingerprint density at radius 1 is 1.35 bits per heavy atom. The van der Waals surface area contributed by atoms with Crippen molar-refractivity contribution in [2.75, 3.05) is 0 Å². The highest BCUT2D eigenvalue weighted by Gasteiger charge is 2.35. The average Bonchev–Trinajstić information content (AvgIpc) is 2.18. The Hall–Kier alpha value is -1.93. The third-order valence-electron chi connectivity index (χ3n) is 1.62. The summed E-state index contributed by atoms with van der Waals surface area (Å²) in [5.74, 6) is -1.57. The van der Waals surface area contributed by atoms with Gasteiger partial charge in [0.1, 0.15) is 0 Å². The third-order valence-corrected chi connectivity index (χ3v) is 1.62. The summed E-state index contributed by atoms with van der Waals surface area (Å²) >= 11 is 0. The number of aromatic amines is 1. The van der Waals surface area contributed by atoms with Crippen molar-refractivity contribution >= 4 is 6.29 Å². The number of H-pyrrole nitrogens is 1. The van der Waals surface area contributed by atoms with Crippen LogP contribution in [0.15, 0.2) is 10.9 Å². The van der Waals surface area contributed by atoms with E-state index in [2.05, 4.69) is 4.74 Å². The van der Waals surface area contributed by atoms with Crippen LogP contribution < -0.4 is 10.3 Å². The van der Waals surface area contributed by atoms with Gasteiger partial charge in [-0.25, -0.2) is 8.78 Å². The molecule has 0 amide bonds. The number of halogens is 5. The minimum atomic E-state index is -5.28. The zero-order valence-electron chi connectivity index (χ0n) is 7.85. The van der Waals surface area contributed by atoms with Crippen molar-refractivity contribution in [3.8, 4) is 5.75 Å². The number of pyridine rings is 1. The molecule has 4 nitrogen and oxygen atoms in total. The summed E-state index contributed by atoms with van der Waals surface area (Å²) in [5, 5.41) is 0. The fraction of sp³-hybridized carbons (Fsp3) is 0.250. The molecule has 0 aliphatic carbocycles. The lowest BCUT2D eigenvalue weighted by Gasteiger charge is -2.11. The van der Waals surface area contributed by atoms with E-state index in [0.29, 0.717) is 6.07 Å². The quantitative estimate of drug-likeness (QED) is 0.665. The van der Waals surface area contributed by atoms with Gasteiger partial charge < -0.3 is 9.72 Å². The minimum Gasteiger partial charge on any atom is -0.399 e. The van der Waals surface area contributed by atoms with E-state index in [1.54, 1.807) is 4.98 Å². The third kappa shape index (κ3) is 3.26. The largest absolute Gasteiger partial charge is 0.573 e. The number of hydrogen-bond donors (Lipinski definition) is 1. The molecule has 0 unspecified atom stereocenters. The van der Waals surface area contributed by atoms with Crippen molar-refractivity contribution < 1.29 is 31.5 Å². The molecule has 0 aromatic carbocycles. The predicted molar refractivity (Wildman–Crippen MR) is 44.1 cm³/mol. The lowest BCUT2D eigenvalue weighted by molar-refractivity contribution is -0.275. The predicted octanol–water partition coefficient (Wildman–Crippen LogP) is 2.02.